The van der Waals surface area contributed by atoms with E-state index < -0.39 is 5.97 Å². The topological polar surface area (TPSA) is 59.3 Å². The van der Waals surface area contributed by atoms with Crippen LogP contribution in [0.1, 0.15) is 22.3 Å². The highest BCUT2D eigenvalue weighted by atomic mass is 79.9. The summed E-state index contributed by atoms with van der Waals surface area (Å²) in [7, 11) is 1.30. The van der Waals surface area contributed by atoms with Crippen LogP contribution in [0.3, 0.4) is 0 Å². The summed E-state index contributed by atoms with van der Waals surface area (Å²) in [5, 5.41) is 3.09. The lowest BCUT2D eigenvalue weighted by atomic mass is 10.2. The lowest BCUT2D eigenvalue weighted by Crippen LogP contribution is -3.00. The van der Waals surface area contributed by atoms with Crippen LogP contribution in [0.5, 0.6) is 0 Å². The van der Waals surface area contributed by atoms with Crippen LogP contribution >= 0.6 is 11.6 Å². The Kier molecular flexibility index (Phi) is 7.88. The van der Waals surface area contributed by atoms with Crippen molar-refractivity contribution in [3.63, 3.8) is 0 Å². The quantitative estimate of drug-likeness (QED) is 0.543. The first kappa shape index (κ1) is 20.1. The van der Waals surface area contributed by atoms with E-state index in [9.17, 15) is 9.59 Å². The van der Waals surface area contributed by atoms with Gasteiger partial charge in [0.05, 0.1) is 29.8 Å². The number of carbonyl (C=O) groups excluding carboxylic acids is 2. The van der Waals surface area contributed by atoms with Crippen molar-refractivity contribution in [1.29, 1.82) is 0 Å². The number of carbonyl (C=O) groups is 2. The zero-order chi connectivity index (χ0) is 16.8. The number of hydrogen-bond donors (Lipinski definition) is 1. The molecular formula is C17H18BrClN2O3. The third-order valence-electron chi connectivity index (χ3n) is 3.32. The van der Waals surface area contributed by atoms with Crippen molar-refractivity contribution in [2.75, 3.05) is 12.4 Å². The maximum atomic E-state index is 12.1. The summed E-state index contributed by atoms with van der Waals surface area (Å²) in [5.74, 6) is -0.658. The number of rotatable bonds is 5. The molecule has 0 aliphatic heterocycles. The molecule has 2 aromatic rings. The van der Waals surface area contributed by atoms with Gasteiger partial charge in [-0.3, -0.25) is 4.79 Å². The Bertz CT molecular complexity index is 720. The first-order chi connectivity index (χ1) is 11.0. The Morgan fingerprint density at radius 2 is 1.88 bits per heavy atom. The molecule has 1 aromatic heterocycles. The van der Waals surface area contributed by atoms with Crippen LogP contribution < -0.4 is 26.9 Å². The number of benzene rings is 1. The fraction of sp³-hybridized carbons (Fsp3) is 0.235. The van der Waals surface area contributed by atoms with Crippen molar-refractivity contribution in [1.82, 2.24) is 0 Å². The van der Waals surface area contributed by atoms with Gasteiger partial charge in [0, 0.05) is 12.1 Å². The van der Waals surface area contributed by atoms with Gasteiger partial charge >= 0.3 is 5.97 Å². The molecule has 0 aliphatic rings. The highest BCUT2D eigenvalue weighted by Crippen LogP contribution is 2.23. The minimum atomic E-state index is -0.479. The Morgan fingerprint density at radius 3 is 2.50 bits per heavy atom. The van der Waals surface area contributed by atoms with Crippen LogP contribution in [-0.2, 0) is 16.1 Å². The molecule has 5 nitrogen and oxygen atoms in total. The number of pyridine rings is 1. The molecule has 0 atom stereocenters. The monoisotopic (exact) mass is 412 g/mol. The fourth-order valence-electron chi connectivity index (χ4n) is 1.99. The van der Waals surface area contributed by atoms with Gasteiger partial charge in [0.2, 0.25) is 5.91 Å². The normalized spacial score (nSPS) is 9.79. The van der Waals surface area contributed by atoms with Crippen LogP contribution in [-0.4, -0.2) is 19.0 Å². The molecule has 0 saturated carbocycles. The van der Waals surface area contributed by atoms with Crippen molar-refractivity contribution in [2.24, 2.45) is 0 Å². The second-order valence-electron chi connectivity index (χ2n) is 5.10. The summed E-state index contributed by atoms with van der Waals surface area (Å²) in [5.41, 5.74) is 1.89. The van der Waals surface area contributed by atoms with E-state index >= 15 is 0 Å². The van der Waals surface area contributed by atoms with Gasteiger partial charge in [0.25, 0.3) is 0 Å². The van der Waals surface area contributed by atoms with Crippen LogP contribution in [0.4, 0.5) is 5.69 Å². The molecule has 7 heteroatoms. The number of ether oxygens (including phenoxy) is 1. The molecule has 0 radical (unpaired) electrons. The highest BCUT2D eigenvalue weighted by Gasteiger charge is 2.12. The largest absolute Gasteiger partial charge is 1.00 e. The first-order valence-electron chi connectivity index (χ1n) is 7.13. The van der Waals surface area contributed by atoms with Gasteiger partial charge in [-0.1, -0.05) is 11.6 Å². The van der Waals surface area contributed by atoms with Crippen LogP contribution in [0, 0.1) is 6.92 Å². The lowest BCUT2D eigenvalue weighted by Gasteiger charge is -2.08. The number of methoxy groups -OCH3 is 1. The molecular weight excluding hydrogens is 396 g/mol. The smallest absolute Gasteiger partial charge is 0.337 e. The summed E-state index contributed by atoms with van der Waals surface area (Å²) >= 11 is 6.05. The molecule has 2 rings (SSSR count). The van der Waals surface area contributed by atoms with Crippen molar-refractivity contribution in [3.8, 4) is 0 Å². The van der Waals surface area contributed by atoms with Gasteiger partial charge in [-0.15, -0.1) is 0 Å². The van der Waals surface area contributed by atoms with E-state index in [0.717, 1.165) is 5.56 Å². The van der Waals surface area contributed by atoms with E-state index in [-0.39, 0.29) is 22.9 Å². The predicted molar refractivity (Wildman–Crippen MR) is 87.4 cm³/mol. The number of anilines is 1. The van der Waals surface area contributed by atoms with E-state index in [0.29, 0.717) is 29.2 Å². The van der Waals surface area contributed by atoms with Gasteiger partial charge in [0.15, 0.2) is 18.9 Å². The van der Waals surface area contributed by atoms with Crippen molar-refractivity contribution >= 4 is 29.2 Å². The maximum absolute atomic E-state index is 12.1. The third kappa shape index (κ3) is 5.62. The summed E-state index contributed by atoms with van der Waals surface area (Å²) in [4.78, 5) is 23.6. The van der Waals surface area contributed by atoms with E-state index in [2.05, 4.69) is 10.1 Å². The predicted octanol–water partition coefficient (Wildman–Crippen LogP) is -0.245. The zero-order valence-electron chi connectivity index (χ0n) is 13.4. The lowest BCUT2D eigenvalue weighted by molar-refractivity contribution is -0.695. The second kappa shape index (κ2) is 9.39. The molecule has 0 saturated heterocycles. The Balaban J connectivity index is 0.00000288. The minimum absolute atomic E-state index is 0. The van der Waals surface area contributed by atoms with Crippen LogP contribution in [0.15, 0.2) is 42.7 Å². The standard InChI is InChI=1S/C17H17ClN2O3.BrH/c1-12-5-8-20(9-6-12)10-7-16(21)19-15-11-13(17(22)23-2)3-4-14(15)18;/h3-6,8-9,11H,7,10H2,1-2H3;1H. The van der Waals surface area contributed by atoms with Gasteiger partial charge in [-0.25, -0.2) is 9.36 Å². The number of nitrogens with zero attached hydrogens (tertiary/aromatic N) is 1. The van der Waals surface area contributed by atoms with Crippen LogP contribution in [0.2, 0.25) is 5.02 Å². The molecule has 0 spiro atoms. The number of aryl methyl sites for hydroxylation is 2. The molecule has 0 bridgehead atoms. The summed E-state index contributed by atoms with van der Waals surface area (Å²) < 4.78 is 6.58. The molecule has 0 fully saturated rings. The average Bonchev–Trinajstić information content (AvgIpc) is 2.55. The number of aromatic nitrogens is 1. The Hall–Kier alpha value is -1.92. The number of nitrogens with one attached hydrogen (secondary N) is 1. The van der Waals surface area contributed by atoms with Gasteiger partial charge in [-0.05, 0) is 30.7 Å². The van der Waals surface area contributed by atoms with Gasteiger partial charge in [0.1, 0.15) is 0 Å². The molecule has 1 amide bonds. The number of esters is 1. The molecule has 0 aliphatic carbocycles. The summed E-state index contributed by atoms with van der Waals surface area (Å²) in [6.45, 7) is 2.56. The molecule has 0 unspecified atom stereocenters. The maximum Gasteiger partial charge on any atom is 0.337 e. The van der Waals surface area contributed by atoms with E-state index in [1.165, 1.54) is 13.2 Å². The van der Waals surface area contributed by atoms with Gasteiger partial charge in [-0.2, -0.15) is 0 Å². The van der Waals surface area contributed by atoms with Gasteiger partial charge < -0.3 is 27.0 Å². The van der Waals surface area contributed by atoms with E-state index in [1.54, 1.807) is 12.1 Å². The van der Waals surface area contributed by atoms with Crippen LogP contribution in [0.25, 0.3) is 0 Å². The van der Waals surface area contributed by atoms with E-state index in [1.807, 2.05) is 36.0 Å². The molecule has 1 heterocycles. The molecule has 1 aromatic carbocycles. The SMILES string of the molecule is COC(=O)c1ccc(Cl)c(NC(=O)CC[n+]2ccc(C)cc2)c1.[Br-]. The fourth-order valence-corrected chi connectivity index (χ4v) is 2.15. The third-order valence-corrected chi connectivity index (χ3v) is 3.65. The number of halogens is 2. The summed E-state index contributed by atoms with van der Waals surface area (Å²) in [6, 6.07) is 8.57. The second-order valence-corrected chi connectivity index (χ2v) is 5.50. The minimum Gasteiger partial charge on any atom is -1.00 e. The molecule has 1 N–H and O–H groups in total. The van der Waals surface area contributed by atoms with Crippen molar-refractivity contribution in [2.45, 2.75) is 19.9 Å². The average molecular weight is 414 g/mol. The first-order valence-corrected chi connectivity index (χ1v) is 7.51. The van der Waals surface area contributed by atoms with E-state index in [4.69, 9.17) is 11.6 Å². The molecule has 24 heavy (non-hydrogen) atoms. The van der Waals surface area contributed by atoms with Crippen molar-refractivity contribution < 1.29 is 35.9 Å². The zero-order valence-corrected chi connectivity index (χ0v) is 15.7. The Labute approximate surface area is 156 Å². The molecule has 128 valence electrons. The number of hydrogen-bond acceptors (Lipinski definition) is 3. The Morgan fingerprint density at radius 1 is 1.21 bits per heavy atom. The highest BCUT2D eigenvalue weighted by molar-refractivity contribution is 6.33. The van der Waals surface area contributed by atoms with Crippen molar-refractivity contribution in [3.05, 3.63) is 58.9 Å². The number of amides is 1. The summed E-state index contributed by atoms with van der Waals surface area (Å²) in [6.07, 6.45) is 4.15.